The summed E-state index contributed by atoms with van der Waals surface area (Å²) in [5.41, 5.74) is 9.76. The lowest BCUT2D eigenvalue weighted by Gasteiger charge is -2.34. The number of nitrogens with two attached hydrogens (primary N) is 1. The van der Waals surface area contributed by atoms with Gasteiger partial charge in [-0.05, 0) is 62.0 Å². The van der Waals surface area contributed by atoms with E-state index in [9.17, 15) is 13.2 Å². The number of hydrogen-bond donors (Lipinski definition) is 3. The second-order valence-electron chi connectivity index (χ2n) is 9.38. The van der Waals surface area contributed by atoms with Gasteiger partial charge in [-0.2, -0.15) is 0 Å². The van der Waals surface area contributed by atoms with E-state index < -0.39 is 15.9 Å². The first kappa shape index (κ1) is 26.2. The van der Waals surface area contributed by atoms with Gasteiger partial charge in [0.15, 0.2) is 11.5 Å². The van der Waals surface area contributed by atoms with E-state index in [-0.39, 0.29) is 16.3 Å². The summed E-state index contributed by atoms with van der Waals surface area (Å²) in [4.78, 5) is 21.0. The van der Waals surface area contributed by atoms with Gasteiger partial charge in [0.1, 0.15) is 4.90 Å². The van der Waals surface area contributed by atoms with Gasteiger partial charge in [-0.3, -0.25) is 9.52 Å². The van der Waals surface area contributed by atoms with Crippen LogP contribution < -0.4 is 20.7 Å². The van der Waals surface area contributed by atoms with E-state index in [4.69, 9.17) is 10.3 Å². The van der Waals surface area contributed by atoms with Crippen molar-refractivity contribution in [2.75, 3.05) is 48.2 Å². The van der Waals surface area contributed by atoms with Crippen LogP contribution in [0.1, 0.15) is 16.2 Å². The predicted octanol–water partition coefficient (Wildman–Crippen LogP) is 3.44. The van der Waals surface area contributed by atoms with Crippen molar-refractivity contribution in [1.29, 1.82) is 0 Å². The fourth-order valence-electron chi connectivity index (χ4n) is 4.41. The number of anilines is 4. The highest BCUT2D eigenvalue weighted by Crippen LogP contribution is 2.30. The molecule has 1 aliphatic heterocycles. The quantitative estimate of drug-likeness (QED) is 0.302. The molecular formula is C27H29N7O4S. The standard InChI is InChI=1S/C27H29N7O4S/c1-18-25(17-30-38-18)39(36,37)32-22-5-3-4-19(14-22)20-15-24(26(27(28)35)29-16-20)31-21-6-8-23(9-7-21)34-12-10-33(2)11-13-34/h3-9,14-17,31-32H,10-13H2,1-2H3,(H2,28,35). The average Bonchev–Trinajstić information content (AvgIpc) is 3.36. The number of carbonyl (C=O) groups is 1. The van der Waals surface area contributed by atoms with Gasteiger partial charge in [-0.25, -0.2) is 13.4 Å². The minimum Gasteiger partial charge on any atom is -0.369 e. The van der Waals surface area contributed by atoms with Gasteiger partial charge in [-0.1, -0.05) is 17.3 Å². The zero-order valence-corrected chi connectivity index (χ0v) is 22.4. The molecule has 0 bridgehead atoms. The van der Waals surface area contributed by atoms with E-state index in [0.29, 0.717) is 22.5 Å². The molecule has 0 spiro atoms. The number of hydrogen-bond acceptors (Lipinski definition) is 9. The van der Waals surface area contributed by atoms with Crippen LogP contribution in [0.4, 0.5) is 22.7 Å². The molecule has 1 amide bonds. The third-order valence-electron chi connectivity index (χ3n) is 6.58. The molecule has 0 atom stereocenters. The zero-order valence-electron chi connectivity index (χ0n) is 21.6. The SMILES string of the molecule is Cc1oncc1S(=O)(=O)Nc1cccc(-c2cnc(C(N)=O)c(Nc3ccc(N4CCN(C)CC4)cc3)c2)c1. The molecular weight excluding hydrogens is 518 g/mol. The average molecular weight is 548 g/mol. The van der Waals surface area contributed by atoms with Crippen LogP contribution in [0.3, 0.4) is 0 Å². The number of pyridine rings is 1. The highest BCUT2D eigenvalue weighted by atomic mass is 32.2. The molecule has 2 aromatic heterocycles. The minimum atomic E-state index is -3.88. The smallest absolute Gasteiger partial charge is 0.269 e. The molecule has 1 fully saturated rings. The normalized spacial score (nSPS) is 14.3. The number of sulfonamides is 1. The molecule has 12 heteroatoms. The topological polar surface area (TPSA) is 147 Å². The molecule has 11 nitrogen and oxygen atoms in total. The van der Waals surface area contributed by atoms with Crippen LogP contribution in [0.25, 0.3) is 11.1 Å². The Bertz CT molecular complexity index is 1590. The molecule has 3 heterocycles. The number of nitrogens with one attached hydrogen (secondary N) is 2. The Morgan fingerprint density at radius 3 is 2.38 bits per heavy atom. The minimum absolute atomic E-state index is 0.0366. The van der Waals surface area contributed by atoms with E-state index in [1.165, 1.54) is 13.1 Å². The molecule has 1 saturated heterocycles. The summed E-state index contributed by atoms with van der Waals surface area (Å²) in [6.07, 6.45) is 2.68. The summed E-state index contributed by atoms with van der Waals surface area (Å²) in [5, 5.41) is 6.80. The Kier molecular flexibility index (Phi) is 7.22. The van der Waals surface area contributed by atoms with Crippen LogP contribution in [0.2, 0.25) is 0 Å². The lowest BCUT2D eigenvalue weighted by atomic mass is 10.1. The number of aryl methyl sites for hydroxylation is 1. The van der Waals surface area contributed by atoms with Crippen molar-refractivity contribution in [3.63, 3.8) is 0 Å². The van der Waals surface area contributed by atoms with Crippen LogP contribution in [-0.2, 0) is 10.0 Å². The summed E-state index contributed by atoms with van der Waals surface area (Å²) < 4.78 is 33.0. The summed E-state index contributed by atoms with van der Waals surface area (Å²) in [6, 6.07) is 16.6. The van der Waals surface area contributed by atoms with Crippen molar-refractivity contribution in [3.05, 3.63) is 78.4 Å². The molecule has 39 heavy (non-hydrogen) atoms. The van der Waals surface area contributed by atoms with Crippen molar-refractivity contribution in [1.82, 2.24) is 15.0 Å². The number of nitrogens with zero attached hydrogens (tertiary/aromatic N) is 4. The highest BCUT2D eigenvalue weighted by Gasteiger charge is 2.21. The van der Waals surface area contributed by atoms with Gasteiger partial charge >= 0.3 is 0 Å². The third kappa shape index (κ3) is 5.86. The van der Waals surface area contributed by atoms with Crippen molar-refractivity contribution >= 4 is 38.7 Å². The second-order valence-corrected chi connectivity index (χ2v) is 11.0. The summed E-state index contributed by atoms with van der Waals surface area (Å²) in [7, 11) is -1.76. The van der Waals surface area contributed by atoms with Crippen molar-refractivity contribution < 1.29 is 17.7 Å². The largest absolute Gasteiger partial charge is 0.369 e. The maximum absolute atomic E-state index is 12.8. The molecule has 0 saturated carbocycles. The lowest BCUT2D eigenvalue weighted by molar-refractivity contribution is 0.0996. The van der Waals surface area contributed by atoms with E-state index in [0.717, 1.165) is 43.8 Å². The number of rotatable bonds is 8. The number of piperazine rings is 1. The number of primary amides is 1. The van der Waals surface area contributed by atoms with E-state index in [2.05, 4.69) is 37.0 Å². The number of likely N-dealkylation sites (N-methyl/N-ethyl adjacent to an activating group) is 1. The third-order valence-corrected chi connectivity index (χ3v) is 8.06. The maximum Gasteiger partial charge on any atom is 0.269 e. The van der Waals surface area contributed by atoms with Crippen LogP contribution in [0.15, 0.2) is 76.4 Å². The highest BCUT2D eigenvalue weighted by molar-refractivity contribution is 7.92. The van der Waals surface area contributed by atoms with Crippen molar-refractivity contribution in [2.24, 2.45) is 5.73 Å². The molecule has 0 aliphatic carbocycles. The molecule has 0 radical (unpaired) electrons. The first-order chi connectivity index (χ1) is 18.7. The fraction of sp³-hybridized carbons (Fsp3) is 0.222. The molecule has 4 aromatic rings. The van der Waals surface area contributed by atoms with Gasteiger partial charge in [0, 0.05) is 55.0 Å². The van der Waals surface area contributed by atoms with Gasteiger partial charge in [0.05, 0.1) is 11.9 Å². The summed E-state index contributed by atoms with van der Waals surface area (Å²) in [5.74, 6) is -0.471. The molecule has 202 valence electrons. The Balaban J connectivity index is 1.38. The van der Waals surface area contributed by atoms with Gasteiger partial charge < -0.3 is 25.4 Å². The van der Waals surface area contributed by atoms with E-state index in [1.807, 2.05) is 30.3 Å². The Morgan fingerprint density at radius 2 is 1.72 bits per heavy atom. The van der Waals surface area contributed by atoms with Crippen LogP contribution in [0.5, 0.6) is 0 Å². The van der Waals surface area contributed by atoms with Gasteiger partial charge in [0.2, 0.25) is 0 Å². The first-order valence-electron chi connectivity index (χ1n) is 12.3. The van der Waals surface area contributed by atoms with E-state index >= 15 is 0 Å². The molecule has 5 rings (SSSR count). The van der Waals surface area contributed by atoms with Crippen LogP contribution in [-0.4, -0.2) is 62.6 Å². The number of amides is 1. The first-order valence-corrected chi connectivity index (χ1v) is 13.8. The van der Waals surface area contributed by atoms with Gasteiger partial charge in [0.25, 0.3) is 15.9 Å². The van der Waals surface area contributed by atoms with Gasteiger partial charge in [-0.15, -0.1) is 0 Å². The number of benzene rings is 2. The van der Waals surface area contributed by atoms with Crippen LogP contribution in [0, 0.1) is 6.92 Å². The summed E-state index contributed by atoms with van der Waals surface area (Å²) >= 11 is 0. The Hall–Kier alpha value is -4.42. The predicted molar refractivity (Wildman–Crippen MR) is 150 cm³/mol. The summed E-state index contributed by atoms with van der Waals surface area (Å²) in [6.45, 7) is 5.49. The molecule has 1 aliphatic rings. The van der Waals surface area contributed by atoms with Crippen molar-refractivity contribution in [3.8, 4) is 11.1 Å². The lowest BCUT2D eigenvalue weighted by Crippen LogP contribution is -2.44. The van der Waals surface area contributed by atoms with Crippen LogP contribution >= 0.6 is 0 Å². The zero-order chi connectivity index (χ0) is 27.6. The number of aromatic nitrogens is 2. The monoisotopic (exact) mass is 547 g/mol. The molecule has 2 aromatic carbocycles. The second kappa shape index (κ2) is 10.8. The Labute approximate surface area is 226 Å². The fourth-order valence-corrected chi connectivity index (χ4v) is 5.55. The molecule has 0 unspecified atom stereocenters. The van der Waals surface area contributed by atoms with E-state index in [1.54, 1.807) is 24.3 Å². The molecule has 4 N–H and O–H groups in total. The maximum atomic E-state index is 12.8. The Morgan fingerprint density at radius 1 is 0.974 bits per heavy atom. The number of carbonyl (C=O) groups excluding carboxylic acids is 1. The van der Waals surface area contributed by atoms with Crippen molar-refractivity contribution in [2.45, 2.75) is 11.8 Å².